The second kappa shape index (κ2) is 11.7. The van der Waals surface area contributed by atoms with Gasteiger partial charge in [-0.1, -0.05) is 42.5 Å². The number of hydrazone groups is 1. The molecule has 168 valence electrons. The Kier molecular flexibility index (Phi) is 8.13. The van der Waals surface area contributed by atoms with Gasteiger partial charge in [0, 0.05) is 5.69 Å². The maximum atomic E-state index is 12.0. The number of methoxy groups -OCH3 is 1. The fraction of sp³-hybridized carbons (Fsp3) is 0.0833. The first-order valence-electron chi connectivity index (χ1n) is 9.90. The van der Waals surface area contributed by atoms with Gasteiger partial charge in [-0.05, 0) is 42.0 Å². The number of hydrogen-bond donors (Lipinski definition) is 3. The van der Waals surface area contributed by atoms with Gasteiger partial charge in [-0.15, -0.1) is 0 Å². The minimum absolute atomic E-state index is 0.171. The minimum atomic E-state index is -0.942. The van der Waals surface area contributed by atoms with Gasteiger partial charge in [0.1, 0.15) is 11.5 Å². The summed E-state index contributed by atoms with van der Waals surface area (Å²) in [5, 5.41) is 8.97. The summed E-state index contributed by atoms with van der Waals surface area (Å²) in [5.41, 5.74) is 3.80. The maximum Gasteiger partial charge on any atom is 0.329 e. The van der Waals surface area contributed by atoms with Gasteiger partial charge in [0.25, 0.3) is 5.91 Å². The molecular weight excluding hydrogens is 424 g/mol. The molecule has 0 saturated heterocycles. The van der Waals surface area contributed by atoms with E-state index in [0.29, 0.717) is 28.4 Å². The highest BCUT2D eigenvalue weighted by atomic mass is 16.5. The number of amides is 3. The highest BCUT2D eigenvalue weighted by Crippen LogP contribution is 2.22. The number of anilines is 2. The summed E-state index contributed by atoms with van der Waals surface area (Å²) in [4.78, 5) is 36.0. The van der Waals surface area contributed by atoms with E-state index in [-0.39, 0.29) is 12.5 Å². The molecule has 0 aliphatic carbocycles. The summed E-state index contributed by atoms with van der Waals surface area (Å²) < 4.78 is 10.6. The van der Waals surface area contributed by atoms with Crippen molar-refractivity contribution in [2.24, 2.45) is 5.10 Å². The van der Waals surface area contributed by atoms with Gasteiger partial charge in [0.2, 0.25) is 0 Å². The third-order valence-electron chi connectivity index (χ3n) is 4.23. The second-order valence-corrected chi connectivity index (χ2v) is 6.63. The largest absolute Gasteiger partial charge is 0.495 e. The van der Waals surface area contributed by atoms with Crippen LogP contribution in [0.3, 0.4) is 0 Å². The van der Waals surface area contributed by atoms with Gasteiger partial charge in [-0.2, -0.15) is 5.10 Å². The van der Waals surface area contributed by atoms with Crippen LogP contribution in [0, 0.1) is 0 Å². The van der Waals surface area contributed by atoms with E-state index >= 15 is 0 Å². The van der Waals surface area contributed by atoms with Crippen molar-refractivity contribution in [1.82, 2.24) is 5.43 Å². The molecule has 0 aromatic heterocycles. The fourth-order valence-electron chi connectivity index (χ4n) is 2.70. The first-order chi connectivity index (χ1) is 16.0. The predicted molar refractivity (Wildman–Crippen MR) is 124 cm³/mol. The molecule has 0 heterocycles. The molecule has 0 bridgehead atoms. The number of para-hydroxylation sites is 3. The molecule has 3 N–H and O–H groups in total. The van der Waals surface area contributed by atoms with Gasteiger partial charge in [-0.25, -0.2) is 5.43 Å². The standard InChI is InChI=1S/C24H22N4O5/c1-32-21-13-6-5-12-20(21)27-23(30)24(31)28-25-15-17-8-7-11-19(14-17)33-16-22(29)26-18-9-3-2-4-10-18/h2-15H,16H2,1H3,(H,26,29)(H,27,30)(H,28,31)/b25-15-. The summed E-state index contributed by atoms with van der Waals surface area (Å²) in [5.74, 6) is -1.26. The average Bonchev–Trinajstić information content (AvgIpc) is 2.84. The number of nitrogens with one attached hydrogen (secondary N) is 3. The van der Waals surface area contributed by atoms with Gasteiger partial charge in [-0.3, -0.25) is 14.4 Å². The summed E-state index contributed by atoms with van der Waals surface area (Å²) in [6.07, 6.45) is 1.35. The summed E-state index contributed by atoms with van der Waals surface area (Å²) >= 11 is 0. The van der Waals surface area contributed by atoms with Crippen LogP contribution in [-0.4, -0.2) is 37.7 Å². The van der Waals surface area contributed by atoms with Crippen LogP contribution < -0.4 is 25.5 Å². The number of carbonyl (C=O) groups is 3. The molecule has 0 unspecified atom stereocenters. The molecule has 0 saturated carbocycles. The average molecular weight is 446 g/mol. The lowest BCUT2D eigenvalue weighted by atomic mass is 10.2. The minimum Gasteiger partial charge on any atom is -0.495 e. The van der Waals surface area contributed by atoms with Crippen LogP contribution in [0.1, 0.15) is 5.56 Å². The topological polar surface area (TPSA) is 118 Å². The molecule has 0 atom stereocenters. The maximum absolute atomic E-state index is 12.0. The molecule has 33 heavy (non-hydrogen) atoms. The number of benzene rings is 3. The molecule has 0 spiro atoms. The third kappa shape index (κ3) is 7.21. The summed E-state index contributed by atoms with van der Waals surface area (Å²) in [7, 11) is 1.46. The molecule has 3 rings (SSSR count). The quantitative estimate of drug-likeness (QED) is 0.279. The van der Waals surface area contributed by atoms with Crippen LogP contribution in [-0.2, 0) is 14.4 Å². The zero-order chi connectivity index (χ0) is 23.5. The van der Waals surface area contributed by atoms with E-state index in [1.165, 1.54) is 13.3 Å². The first kappa shape index (κ1) is 23.0. The van der Waals surface area contributed by atoms with E-state index in [4.69, 9.17) is 9.47 Å². The van der Waals surface area contributed by atoms with E-state index in [1.54, 1.807) is 60.7 Å². The molecule has 3 aromatic carbocycles. The smallest absolute Gasteiger partial charge is 0.329 e. The van der Waals surface area contributed by atoms with Crippen molar-refractivity contribution in [1.29, 1.82) is 0 Å². The molecule has 3 amide bonds. The van der Waals surface area contributed by atoms with Crippen LogP contribution in [0.25, 0.3) is 0 Å². The van der Waals surface area contributed by atoms with Crippen molar-refractivity contribution in [3.05, 3.63) is 84.4 Å². The third-order valence-corrected chi connectivity index (χ3v) is 4.23. The van der Waals surface area contributed by atoms with Crippen LogP contribution in [0.4, 0.5) is 11.4 Å². The molecule has 3 aromatic rings. The highest BCUT2D eigenvalue weighted by molar-refractivity contribution is 6.39. The van der Waals surface area contributed by atoms with Gasteiger partial charge in [0.15, 0.2) is 6.61 Å². The van der Waals surface area contributed by atoms with Crippen molar-refractivity contribution in [2.45, 2.75) is 0 Å². The Morgan fingerprint density at radius 3 is 2.42 bits per heavy atom. The molecule has 0 aliphatic heterocycles. The van der Waals surface area contributed by atoms with Gasteiger partial charge < -0.3 is 20.1 Å². The van der Waals surface area contributed by atoms with E-state index in [0.717, 1.165) is 0 Å². The van der Waals surface area contributed by atoms with E-state index in [9.17, 15) is 14.4 Å². The second-order valence-electron chi connectivity index (χ2n) is 6.63. The lowest BCUT2D eigenvalue weighted by molar-refractivity contribution is -0.136. The lowest BCUT2D eigenvalue weighted by Crippen LogP contribution is -2.32. The Balaban J connectivity index is 1.49. The molecular formula is C24H22N4O5. The Morgan fingerprint density at radius 1 is 0.879 bits per heavy atom. The monoisotopic (exact) mass is 446 g/mol. The van der Waals surface area contributed by atoms with E-state index < -0.39 is 11.8 Å². The SMILES string of the molecule is COc1ccccc1NC(=O)C(=O)N/N=C\c1cccc(OCC(=O)Nc2ccccc2)c1. The Hall–Kier alpha value is -4.66. The normalized spacial score (nSPS) is 10.3. The van der Waals surface area contributed by atoms with Crippen molar-refractivity contribution < 1.29 is 23.9 Å². The van der Waals surface area contributed by atoms with Gasteiger partial charge >= 0.3 is 11.8 Å². The Labute approximate surface area is 190 Å². The fourth-order valence-corrected chi connectivity index (χ4v) is 2.70. The van der Waals surface area contributed by atoms with Crippen LogP contribution in [0.15, 0.2) is 84.0 Å². The Bertz CT molecular complexity index is 1150. The number of carbonyl (C=O) groups excluding carboxylic acids is 3. The van der Waals surface area contributed by atoms with Crippen LogP contribution >= 0.6 is 0 Å². The number of rotatable bonds is 8. The van der Waals surface area contributed by atoms with E-state index in [1.807, 2.05) is 18.2 Å². The zero-order valence-corrected chi connectivity index (χ0v) is 17.8. The lowest BCUT2D eigenvalue weighted by Gasteiger charge is -2.08. The van der Waals surface area contributed by atoms with Crippen molar-refractivity contribution in [3.63, 3.8) is 0 Å². The molecule has 0 aliphatic rings. The van der Waals surface area contributed by atoms with Crippen LogP contribution in [0.5, 0.6) is 11.5 Å². The summed E-state index contributed by atoms with van der Waals surface area (Å²) in [6, 6.07) is 22.5. The highest BCUT2D eigenvalue weighted by Gasteiger charge is 2.14. The molecule has 9 nitrogen and oxygen atoms in total. The Morgan fingerprint density at radius 2 is 1.64 bits per heavy atom. The number of hydrogen-bond acceptors (Lipinski definition) is 6. The van der Waals surface area contributed by atoms with Crippen molar-refractivity contribution in [3.8, 4) is 11.5 Å². The summed E-state index contributed by atoms with van der Waals surface area (Å²) in [6.45, 7) is -0.171. The molecule has 0 radical (unpaired) electrons. The van der Waals surface area contributed by atoms with Gasteiger partial charge in [0.05, 0.1) is 19.0 Å². The van der Waals surface area contributed by atoms with E-state index in [2.05, 4.69) is 21.2 Å². The zero-order valence-electron chi connectivity index (χ0n) is 17.8. The molecule has 9 heteroatoms. The van der Waals surface area contributed by atoms with Crippen molar-refractivity contribution in [2.75, 3.05) is 24.4 Å². The number of nitrogens with zero attached hydrogens (tertiary/aromatic N) is 1. The molecule has 0 fully saturated rings. The van der Waals surface area contributed by atoms with Crippen LogP contribution in [0.2, 0.25) is 0 Å². The first-order valence-corrected chi connectivity index (χ1v) is 9.90. The number of ether oxygens (including phenoxy) is 2. The predicted octanol–water partition coefficient (Wildman–Crippen LogP) is 2.80. The van der Waals surface area contributed by atoms with Crippen molar-refractivity contribution >= 4 is 35.3 Å².